The highest BCUT2D eigenvalue weighted by molar-refractivity contribution is 6.08. The monoisotopic (exact) mass is 177 g/mol. The Kier molecular flexibility index (Phi) is 3.20. The molecule has 13 heavy (non-hydrogen) atoms. The molecule has 1 aromatic rings. The van der Waals surface area contributed by atoms with Gasteiger partial charge in [-0.15, -0.1) is 0 Å². The highest BCUT2D eigenvalue weighted by atomic mass is 16.4. The minimum Gasteiger partial charge on any atom is -0.481 e. The lowest BCUT2D eigenvalue weighted by atomic mass is 10.1. The van der Waals surface area contributed by atoms with Crippen molar-refractivity contribution in [1.82, 2.24) is 0 Å². The van der Waals surface area contributed by atoms with Crippen LogP contribution in [0, 0.1) is 0 Å². The molecule has 0 unspecified atom stereocenters. The first kappa shape index (κ1) is 9.45. The van der Waals surface area contributed by atoms with Crippen molar-refractivity contribution in [2.75, 3.05) is 7.05 Å². The second-order valence-electron chi connectivity index (χ2n) is 2.61. The van der Waals surface area contributed by atoms with Crippen molar-refractivity contribution in [2.45, 2.75) is 6.42 Å². The number of aliphatic imine (C=N–C) groups is 1. The zero-order valence-electron chi connectivity index (χ0n) is 7.40. The van der Waals surface area contributed by atoms with E-state index in [9.17, 15) is 4.79 Å². The average molecular weight is 177 g/mol. The van der Waals surface area contributed by atoms with Crippen molar-refractivity contribution in [1.29, 1.82) is 0 Å². The predicted octanol–water partition coefficient (Wildman–Crippen LogP) is 1.58. The van der Waals surface area contributed by atoms with Crippen LogP contribution in [0.5, 0.6) is 0 Å². The van der Waals surface area contributed by atoms with Gasteiger partial charge in [0.15, 0.2) is 0 Å². The summed E-state index contributed by atoms with van der Waals surface area (Å²) in [5, 5.41) is 8.60. The Morgan fingerprint density at radius 3 is 2.46 bits per heavy atom. The molecule has 0 amide bonds. The first-order chi connectivity index (χ1) is 6.24. The smallest absolute Gasteiger partial charge is 0.309 e. The normalized spacial score (nSPS) is 11.3. The van der Waals surface area contributed by atoms with Crippen molar-refractivity contribution >= 4 is 11.7 Å². The number of carboxylic acid groups (broad SMARTS) is 1. The molecule has 0 saturated heterocycles. The SMILES string of the molecule is CN=C(CC(=O)O)c1ccccc1. The topological polar surface area (TPSA) is 49.7 Å². The Bertz CT molecular complexity index is 317. The molecule has 0 saturated carbocycles. The summed E-state index contributed by atoms with van der Waals surface area (Å²) in [5.74, 6) is -0.857. The highest BCUT2D eigenvalue weighted by Gasteiger charge is 2.06. The number of benzene rings is 1. The molecular formula is C10H11NO2. The Labute approximate surface area is 76.7 Å². The van der Waals surface area contributed by atoms with E-state index in [0.29, 0.717) is 5.71 Å². The molecule has 0 fully saturated rings. The van der Waals surface area contributed by atoms with Gasteiger partial charge in [0.05, 0.1) is 12.1 Å². The summed E-state index contributed by atoms with van der Waals surface area (Å²) in [6.07, 6.45) is -0.0273. The number of carbonyl (C=O) groups is 1. The maximum atomic E-state index is 10.5. The molecule has 3 heteroatoms. The van der Waals surface area contributed by atoms with Crippen molar-refractivity contribution in [3.63, 3.8) is 0 Å². The lowest BCUT2D eigenvalue weighted by Gasteiger charge is -2.01. The van der Waals surface area contributed by atoms with Gasteiger partial charge in [-0.2, -0.15) is 0 Å². The van der Waals surface area contributed by atoms with Crippen LogP contribution in [0.4, 0.5) is 0 Å². The van der Waals surface area contributed by atoms with Gasteiger partial charge in [-0.1, -0.05) is 30.3 Å². The Balaban J connectivity index is 2.86. The van der Waals surface area contributed by atoms with Crippen LogP contribution in [0.3, 0.4) is 0 Å². The van der Waals surface area contributed by atoms with Crippen LogP contribution in [0.2, 0.25) is 0 Å². The predicted molar refractivity (Wildman–Crippen MR) is 51.2 cm³/mol. The van der Waals surface area contributed by atoms with Crippen molar-refractivity contribution < 1.29 is 9.90 Å². The number of hydrogen-bond donors (Lipinski definition) is 1. The van der Waals surface area contributed by atoms with Crippen molar-refractivity contribution in [3.8, 4) is 0 Å². The summed E-state index contributed by atoms with van der Waals surface area (Å²) in [4.78, 5) is 14.4. The second-order valence-corrected chi connectivity index (χ2v) is 2.61. The third-order valence-corrected chi connectivity index (χ3v) is 1.70. The Morgan fingerprint density at radius 1 is 1.38 bits per heavy atom. The minimum atomic E-state index is -0.857. The molecule has 0 aliphatic rings. The van der Waals surface area contributed by atoms with Gasteiger partial charge >= 0.3 is 5.97 Å². The van der Waals surface area contributed by atoms with E-state index in [-0.39, 0.29) is 6.42 Å². The molecule has 0 aliphatic carbocycles. The third kappa shape index (κ3) is 2.71. The maximum absolute atomic E-state index is 10.5. The van der Waals surface area contributed by atoms with E-state index in [0.717, 1.165) is 5.56 Å². The van der Waals surface area contributed by atoms with E-state index in [1.807, 2.05) is 30.3 Å². The lowest BCUT2D eigenvalue weighted by Crippen LogP contribution is -2.08. The summed E-state index contributed by atoms with van der Waals surface area (Å²) in [6, 6.07) is 9.32. The van der Waals surface area contributed by atoms with E-state index in [4.69, 9.17) is 5.11 Å². The largest absolute Gasteiger partial charge is 0.481 e. The molecule has 0 bridgehead atoms. The van der Waals surface area contributed by atoms with Crippen LogP contribution in [0.1, 0.15) is 12.0 Å². The fourth-order valence-electron chi connectivity index (χ4n) is 1.08. The van der Waals surface area contributed by atoms with Crippen LogP contribution in [0.25, 0.3) is 0 Å². The van der Waals surface area contributed by atoms with Crippen LogP contribution in [-0.2, 0) is 4.79 Å². The van der Waals surface area contributed by atoms with Crippen LogP contribution in [-0.4, -0.2) is 23.8 Å². The van der Waals surface area contributed by atoms with Crippen LogP contribution < -0.4 is 0 Å². The fourth-order valence-corrected chi connectivity index (χ4v) is 1.08. The fraction of sp³-hybridized carbons (Fsp3) is 0.200. The van der Waals surface area contributed by atoms with Crippen LogP contribution >= 0.6 is 0 Å². The number of carboxylic acids is 1. The molecule has 1 rings (SSSR count). The standard InChI is InChI=1S/C10H11NO2/c1-11-9(7-10(12)13)8-5-3-2-4-6-8/h2-6H,7H2,1H3,(H,12,13). The number of rotatable bonds is 3. The van der Waals surface area contributed by atoms with Gasteiger partial charge in [-0.25, -0.2) is 0 Å². The zero-order valence-corrected chi connectivity index (χ0v) is 7.40. The molecule has 68 valence electrons. The van der Waals surface area contributed by atoms with E-state index in [2.05, 4.69) is 4.99 Å². The maximum Gasteiger partial charge on any atom is 0.309 e. The van der Waals surface area contributed by atoms with Crippen LogP contribution in [0.15, 0.2) is 35.3 Å². The first-order valence-electron chi connectivity index (χ1n) is 3.97. The summed E-state index contributed by atoms with van der Waals surface area (Å²) in [7, 11) is 1.60. The molecule has 1 aromatic carbocycles. The number of aliphatic carboxylic acids is 1. The van der Waals surface area contributed by atoms with Gasteiger partial charge in [-0.05, 0) is 5.56 Å². The first-order valence-corrected chi connectivity index (χ1v) is 3.97. The van der Waals surface area contributed by atoms with Gasteiger partial charge in [0.1, 0.15) is 0 Å². The van der Waals surface area contributed by atoms with E-state index < -0.39 is 5.97 Å². The van der Waals surface area contributed by atoms with Gasteiger partial charge in [0, 0.05) is 7.05 Å². The Morgan fingerprint density at radius 2 is 2.00 bits per heavy atom. The van der Waals surface area contributed by atoms with Crippen molar-refractivity contribution in [3.05, 3.63) is 35.9 Å². The molecule has 0 spiro atoms. The van der Waals surface area contributed by atoms with Gasteiger partial charge in [0.2, 0.25) is 0 Å². The quantitative estimate of drug-likeness (QED) is 0.712. The summed E-state index contributed by atoms with van der Waals surface area (Å²) in [6.45, 7) is 0. The van der Waals surface area contributed by atoms with E-state index in [1.165, 1.54) is 0 Å². The summed E-state index contributed by atoms with van der Waals surface area (Å²) < 4.78 is 0. The van der Waals surface area contributed by atoms with Crippen molar-refractivity contribution in [2.24, 2.45) is 4.99 Å². The highest BCUT2D eigenvalue weighted by Crippen LogP contribution is 2.03. The summed E-state index contributed by atoms with van der Waals surface area (Å²) in [5.41, 5.74) is 1.47. The van der Waals surface area contributed by atoms with Gasteiger partial charge < -0.3 is 5.11 Å². The molecule has 0 aliphatic heterocycles. The van der Waals surface area contributed by atoms with E-state index >= 15 is 0 Å². The lowest BCUT2D eigenvalue weighted by molar-refractivity contribution is -0.135. The molecule has 0 heterocycles. The van der Waals surface area contributed by atoms with E-state index in [1.54, 1.807) is 7.05 Å². The minimum absolute atomic E-state index is 0.0273. The van der Waals surface area contributed by atoms with Gasteiger partial charge in [-0.3, -0.25) is 9.79 Å². The summed E-state index contributed by atoms with van der Waals surface area (Å²) >= 11 is 0. The van der Waals surface area contributed by atoms with Gasteiger partial charge in [0.25, 0.3) is 0 Å². The Hall–Kier alpha value is -1.64. The molecular weight excluding hydrogens is 166 g/mol. The molecule has 1 N–H and O–H groups in total. The molecule has 3 nitrogen and oxygen atoms in total. The number of hydrogen-bond acceptors (Lipinski definition) is 2. The molecule has 0 aromatic heterocycles. The average Bonchev–Trinajstić information content (AvgIpc) is 2.15. The zero-order chi connectivity index (χ0) is 9.68. The second kappa shape index (κ2) is 4.40. The third-order valence-electron chi connectivity index (χ3n) is 1.70. The number of nitrogens with zero attached hydrogens (tertiary/aromatic N) is 1. The molecule has 0 radical (unpaired) electrons. The molecule has 0 atom stereocenters.